The summed E-state index contributed by atoms with van der Waals surface area (Å²) in [4.78, 5) is 37.9. The summed E-state index contributed by atoms with van der Waals surface area (Å²) >= 11 is 5.87. The highest BCUT2D eigenvalue weighted by molar-refractivity contribution is 7.89. The maximum atomic E-state index is 12.9. The molecule has 35 heavy (non-hydrogen) atoms. The summed E-state index contributed by atoms with van der Waals surface area (Å²) in [5.41, 5.74) is 1.22. The standard InChI is InChI=1S/C25H23ClN2O6S/c1-16-8-13-19(14-22(16)35(32,33)28(2)3)27-23(29)15-34-25(31)21-7-5-4-6-20(21)24(30)17-9-11-18(26)12-10-17/h4-14H,15H2,1-3H3,(H,27,29). The van der Waals surface area contributed by atoms with Crippen molar-refractivity contribution in [3.05, 3.63) is 94.0 Å². The molecule has 8 nitrogen and oxygen atoms in total. The first-order chi connectivity index (χ1) is 16.5. The van der Waals surface area contributed by atoms with E-state index in [0.29, 0.717) is 16.1 Å². The molecule has 182 valence electrons. The number of benzene rings is 3. The Kier molecular flexibility index (Phi) is 8.06. The summed E-state index contributed by atoms with van der Waals surface area (Å²) in [5, 5.41) is 2.99. The Hall–Kier alpha value is -3.53. The summed E-state index contributed by atoms with van der Waals surface area (Å²) in [6.07, 6.45) is 0. The van der Waals surface area contributed by atoms with Crippen molar-refractivity contribution in [2.45, 2.75) is 11.8 Å². The number of carbonyl (C=O) groups is 3. The van der Waals surface area contributed by atoms with Crippen LogP contribution < -0.4 is 5.32 Å². The molecule has 0 aliphatic carbocycles. The van der Waals surface area contributed by atoms with Gasteiger partial charge >= 0.3 is 5.97 Å². The number of nitrogens with one attached hydrogen (secondary N) is 1. The zero-order chi connectivity index (χ0) is 25.8. The number of sulfonamides is 1. The summed E-state index contributed by atoms with van der Waals surface area (Å²) < 4.78 is 31.1. The van der Waals surface area contributed by atoms with Crippen molar-refractivity contribution in [3.8, 4) is 0 Å². The monoisotopic (exact) mass is 514 g/mol. The molecule has 0 unspecified atom stereocenters. The Balaban J connectivity index is 1.71. The Morgan fingerprint density at radius 1 is 0.943 bits per heavy atom. The second kappa shape index (κ2) is 10.8. The third kappa shape index (κ3) is 6.13. The molecular formula is C25H23ClN2O6S. The number of hydrogen-bond donors (Lipinski definition) is 1. The number of rotatable bonds is 8. The number of nitrogens with zero attached hydrogens (tertiary/aromatic N) is 1. The van der Waals surface area contributed by atoms with E-state index in [1.165, 1.54) is 32.3 Å². The smallest absolute Gasteiger partial charge is 0.339 e. The molecule has 0 radical (unpaired) electrons. The van der Waals surface area contributed by atoms with Crippen LogP contribution in [0.25, 0.3) is 0 Å². The SMILES string of the molecule is Cc1ccc(NC(=O)COC(=O)c2ccccc2C(=O)c2ccc(Cl)cc2)cc1S(=O)(=O)N(C)C. The highest BCUT2D eigenvalue weighted by Gasteiger charge is 2.22. The fourth-order valence-corrected chi connectivity index (χ4v) is 4.44. The highest BCUT2D eigenvalue weighted by Crippen LogP contribution is 2.22. The van der Waals surface area contributed by atoms with Crippen LogP contribution in [0.3, 0.4) is 0 Å². The number of amides is 1. The van der Waals surface area contributed by atoms with Gasteiger partial charge < -0.3 is 10.1 Å². The zero-order valence-corrected chi connectivity index (χ0v) is 20.8. The van der Waals surface area contributed by atoms with Crippen LogP contribution in [-0.4, -0.2) is 51.1 Å². The number of esters is 1. The minimum atomic E-state index is -3.71. The van der Waals surface area contributed by atoms with Gasteiger partial charge in [-0.1, -0.05) is 35.9 Å². The van der Waals surface area contributed by atoms with E-state index < -0.39 is 34.3 Å². The minimum Gasteiger partial charge on any atom is -0.452 e. The molecule has 10 heteroatoms. The minimum absolute atomic E-state index is 0.00921. The van der Waals surface area contributed by atoms with Crippen LogP contribution in [-0.2, 0) is 19.6 Å². The number of carbonyl (C=O) groups excluding carboxylic acids is 3. The Morgan fingerprint density at radius 2 is 1.57 bits per heavy atom. The molecule has 3 aromatic carbocycles. The van der Waals surface area contributed by atoms with Gasteiger partial charge in [0, 0.05) is 35.9 Å². The number of aryl methyl sites for hydroxylation is 1. The molecule has 3 rings (SSSR count). The molecular weight excluding hydrogens is 492 g/mol. The van der Waals surface area contributed by atoms with Crippen molar-refractivity contribution >= 4 is 45.0 Å². The van der Waals surface area contributed by atoms with Gasteiger partial charge in [-0.2, -0.15) is 0 Å². The average Bonchev–Trinajstić information content (AvgIpc) is 2.83. The molecule has 0 aliphatic heterocycles. The molecule has 0 bridgehead atoms. The molecule has 0 saturated heterocycles. The summed E-state index contributed by atoms with van der Waals surface area (Å²) in [6, 6.07) is 16.8. The van der Waals surface area contributed by atoms with Crippen molar-refractivity contribution in [3.63, 3.8) is 0 Å². The number of halogens is 1. The highest BCUT2D eigenvalue weighted by atomic mass is 35.5. The first kappa shape index (κ1) is 26.1. The van der Waals surface area contributed by atoms with Crippen molar-refractivity contribution in [2.75, 3.05) is 26.0 Å². The van der Waals surface area contributed by atoms with Crippen LogP contribution in [0.1, 0.15) is 31.8 Å². The maximum Gasteiger partial charge on any atom is 0.339 e. The molecule has 1 amide bonds. The molecule has 0 atom stereocenters. The van der Waals surface area contributed by atoms with Crippen molar-refractivity contribution in [2.24, 2.45) is 0 Å². The molecule has 0 spiro atoms. The number of hydrogen-bond acceptors (Lipinski definition) is 6. The van der Waals surface area contributed by atoms with Gasteiger partial charge in [-0.3, -0.25) is 9.59 Å². The second-order valence-corrected chi connectivity index (χ2v) is 10.3. The van der Waals surface area contributed by atoms with Crippen LogP contribution >= 0.6 is 11.6 Å². The first-order valence-electron chi connectivity index (χ1n) is 10.4. The summed E-state index contributed by atoms with van der Waals surface area (Å²) in [5.74, 6) is -1.91. The summed E-state index contributed by atoms with van der Waals surface area (Å²) in [6.45, 7) is 1.01. The Bertz CT molecular complexity index is 1390. The lowest BCUT2D eigenvalue weighted by molar-refractivity contribution is -0.119. The fourth-order valence-electron chi connectivity index (χ4n) is 3.17. The van der Waals surface area contributed by atoms with Gasteiger partial charge in [0.15, 0.2) is 12.4 Å². The van der Waals surface area contributed by atoms with E-state index in [1.54, 1.807) is 55.5 Å². The van der Waals surface area contributed by atoms with E-state index in [0.717, 1.165) is 4.31 Å². The van der Waals surface area contributed by atoms with E-state index in [2.05, 4.69) is 5.32 Å². The van der Waals surface area contributed by atoms with Gasteiger partial charge in [0.05, 0.1) is 10.5 Å². The van der Waals surface area contributed by atoms with Crippen LogP contribution in [0.2, 0.25) is 5.02 Å². The van der Waals surface area contributed by atoms with Crippen molar-refractivity contribution in [1.29, 1.82) is 0 Å². The summed E-state index contributed by atoms with van der Waals surface area (Å²) in [7, 11) is -0.885. The lowest BCUT2D eigenvalue weighted by Crippen LogP contribution is -2.24. The molecule has 0 fully saturated rings. The molecule has 0 aromatic heterocycles. The largest absolute Gasteiger partial charge is 0.452 e. The normalized spacial score (nSPS) is 11.2. The van der Waals surface area contributed by atoms with Crippen LogP contribution in [0.15, 0.2) is 71.6 Å². The van der Waals surface area contributed by atoms with Crippen LogP contribution in [0, 0.1) is 6.92 Å². The van der Waals surface area contributed by atoms with Gasteiger partial charge in [-0.25, -0.2) is 17.5 Å². The van der Waals surface area contributed by atoms with E-state index in [1.807, 2.05) is 0 Å². The van der Waals surface area contributed by atoms with E-state index in [-0.39, 0.29) is 21.7 Å². The lowest BCUT2D eigenvalue weighted by atomic mass is 9.98. The number of ether oxygens (including phenoxy) is 1. The van der Waals surface area contributed by atoms with E-state index in [4.69, 9.17) is 16.3 Å². The number of anilines is 1. The van der Waals surface area contributed by atoms with Crippen molar-refractivity contribution < 1.29 is 27.5 Å². The fraction of sp³-hybridized carbons (Fsp3) is 0.160. The molecule has 1 N–H and O–H groups in total. The third-order valence-corrected chi connectivity index (χ3v) is 7.27. The Labute approximate surface area is 208 Å². The van der Waals surface area contributed by atoms with E-state index in [9.17, 15) is 22.8 Å². The van der Waals surface area contributed by atoms with Crippen molar-refractivity contribution in [1.82, 2.24) is 4.31 Å². The first-order valence-corrected chi connectivity index (χ1v) is 12.2. The quantitative estimate of drug-likeness (QED) is 0.360. The zero-order valence-electron chi connectivity index (χ0n) is 19.2. The third-order valence-electron chi connectivity index (χ3n) is 5.06. The lowest BCUT2D eigenvalue weighted by Gasteiger charge is -2.15. The van der Waals surface area contributed by atoms with E-state index >= 15 is 0 Å². The molecule has 0 saturated carbocycles. The predicted molar refractivity (Wildman–Crippen MR) is 132 cm³/mol. The van der Waals surface area contributed by atoms with Gasteiger partial charge in [-0.15, -0.1) is 0 Å². The predicted octanol–water partition coefficient (Wildman–Crippen LogP) is 3.93. The van der Waals surface area contributed by atoms with Crippen LogP contribution in [0.5, 0.6) is 0 Å². The molecule has 3 aromatic rings. The van der Waals surface area contributed by atoms with Gasteiger partial charge in [0.2, 0.25) is 10.0 Å². The number of ketones is 1. The second-order valence-electron chi connectivity index (χ2n) is 7.77. The Morgan fingerprint density at radius 3 is 2.20 bits per heavy atom. The van der Waals surface area contributed by atoms with Gasteiger partial charge in [0.25, 0.3) is 5.91 Å². The van der Waals surface area contributed by atoms with Crippen LogP contribution in [0.4, 0.5) is 5.69 Å². The average molecular weight is 515 g/mol. The molecule has 0 heterocycles. The topological polar surface area (TPSA) is 110 Å². The molecule has 0 aliphatic rings. The van der Waals surface area contributed by atoms with Gasteiger partial charge in [0.1, 0.15) is 0 Å². The van der Waals surface area contributed by atoms with Gasteiger partial charge in [-0.05, 0) is 55.0 Å². The maximum absolute atomic E-state index is 12.9.